The van der Waals surface area contributed by atoms with Gasteiger partial charge in [0, 0.05) is 29.3 Å². The molecule has 112 valence electrons. The maximum atomic E-state index is 9.67. The van der Waals surface area contributed by atoms with Crippen LogP contribution in [0.4, 0.5) is 5.69 Å². The highest BCUT2D eigenvalue weighted by molar-refractivity contribution is 9.10. The van der Waals surface area contributed by atoms with Gasteiger partial charge in [-0.2, -0.15) is 0 Å². The van der Waals surface area contributed by atoms with Crippen molar-refractivity contribution in [3.05, 3.63) is 28.2 Å². The molecule has 2 rings (SSSR count). The Bertz CT molecular complexity index is 430. The van der Waals surface area contributed by atoms with Gasteiger partial charge in [0.1, 0.15) is 0 Å². The Kier molecular flexibility index (Phi) is 5.87. The predicted octanol–water partition coefficient (Wildman–Crippen LogP) is 3.47. The van der Waals surface area contributed by atoms with Crippen molar-refractivity contribution in [1.29, 1.82) is 0 Å². The molecule has 1 aliphatic rings. The fourth-order valence-electron chi connectivity index (χ4n) is 2.73. The van der Waals surface area contributed by atoms with Gasteiger partial charge in [-0.1, -0.05) is 28.9 Å². The number of hydrogen-bond donors (Lipinski definition) is 2. The number of anilines is 1. The van der Waals surface area contributed by atoms with Crippen LogP contribution in [-0.2, 0) is 0 Å². The van der Waals surface area contributed by atoms with Gasteiger partial charge in [0.15, 0.2) is 0 Å². The van der Waals surface area contributed by atoms with Crippen molar-refractivity contribution in [2.45, 2.75) is 45.3 Å². The van der Waals surface area contributed by atoms with Crippen LogP contribution in [0.1, 0.15) is 44.7 Å². The summed E-state index contributed by atoms with van der Waals surface area (Å²) < 4.78 is 1.12. The van der Waals surface area contributed by atoms with E-state index in [-0.39, 0.29) is 6.10 Å². The number of aliphatic hydroxyl groups excluding tert-OH is 1. The third kappa shape index (κ3) is 3.96. The van der Waals surface area contributed by atoms with Crippen LogP contribution in [0.3, 0.4) is 0 Å². The van der Waals surface area contributed by atoms with Gasteiger partial charge < -0.3 is 15.3 Å². The molecule has 0 bridgehead atoms. The number of nitrogens with one attached hydrogen (secondary N) is 1. The predicted molar refractivity (Wildman–Crippen MR) is 88.3 cm³/mol. The molecule has 0 saturated carbocycles. The number of benzene rings is 1. The van der Waals surface area contributed by atoms with E-state index in [2.05, 4.69) is 58.2 Å². The van der Waals surface area contributed by atoms with Crippen LogP contribution in [-0.4, -0.2) is 30.8 Å². The summed E-state index contributed by atoms with van der Waals surface area (Å²) in [5.74, 6) is 0. The van der Waals surface area contributed by atoms with Gasteiger partial charge in [-0.15, -0.1) is 0 Å². The molecule has 3 nitrogen and oxygen atoms in total. The van der Waals surface area contributed by atoms with Crippen LogP contribution < -0.4 is 10.2 Å². The van der Waals surface area contributed by atoms with Gasteiger partial charge in [0.2, 0.25) is 0 Å². The zero-order valence-corrected chi connectivity index (χ0v) is 14.0. The van der Waals surface area contributed by atoms with Crippen LogP contribution in [0.2, 0.25) is 0 Å². The Morgan fingerprint density at radius 3 is 2.75 bits per heavy atom. The summed E-state index contributed by atoms with van der Waals surface area (Å²) in [7, 11) is 0. The fraction of sp³-hybridized carbons (Fsp3) is 0.625. The standard InChI is InChI=1S/C16H25BrN2O/c1-3-8-18-12(2)15-5-4-13(17)11-16(15)19-9-6-14(20)7-10-19/h4-5,11-12,14,18,20H,3,6-10H2,1-2H3. The summed E-state index contributed by atoms with van der Waals surface area (Å²) in [5, 5.41) is 13.2. The Labute approximate surface area is 130 Å². The van der Waals surface area contributed by atoms with E-state index in [1.54, 1.807) is 0 Å². The monoisotopic (exact) mass is 340 g/mol. The van der Waals surface area contributed by atoms with Crippen LogP contribution >= 0.6 is 15.9 Å². The second kappa shape index (κ2) is 7.43. The van der Waals surface area contributed by atoms with E-state index in [1.807, 2.05) is 0 Å². The molecule has 1 aromatic rings. The molecule has 1 fully saturated rings. The molecule has 1 atom stereocenters. The molecule has 1 heterocycles. The first-order valence-electron chi connectivity index (χ1n) is 7.57. The molecular formula is C16H25BrN2O. The van der Waals surface area contributed by atoms with Gasteiger partial charge in [-0.05, 0) is 50.4 Å². The van der Waals surface area contributed by atoms with Crippen molar-refractivity contribution in [2.24, 2.45) is 0 Å². The van der Waals surface area contributed by atoms with E-state index in [0.29, 0.717) is 6.04 Å². The summed E-state index contributed by atoms with van der Waals surface area (Å²) in [4.78, 5) is 2.40. The molecular weight excluding hydrogens is 316 g/mol. The Morgan fingerprint density at radius 1 is 1.40 bits per heavy atom. The molecule has 0 amide bonds. The summed E-state index contributed by atoms with van der Waals surface area (Å²) in [6.45, 7) is 7.32. The lowest BCUT2D eigenvalue weighted by molar-refractivity contribution is 0.145. The minimum atomic E-state index is -0.127. The van der Waals surface area contributed by atoms with E-state index >= 15 is 0 Å². The van der Waals surface area contributed by atoms with Crippen LogP contribution in [0.15, 0.2) is 22.7 Å². The maximum Gasteiger partial charge on any atom is 0.0574 e. The number of hydrogen-bond acceptors (Lipinski definition) is 3. The highest BCUT2D eigenvalue weighted by Crippen LogP contribution is 2.31. The van der Waals surface area contributed by atoms with Crippen molar-refractivity contribution in [3.63, 3.8) is 0 Å². The molecule has 0 aliphatic carbocycles. The summed E-state index contributed by atoms with van der Waals surface area (Å²) in [6.07, 6.45) is 2.75. The molecule has 20 heavy (non-hydrogen) atoms. The maximum absolute atomic E-state index is 9.67. The molecule has 0 spiro atoms. The summed E-state index contributed by atoms with van der Waals surface area (Å²) in [6, 6.07) is 6.88. The van der Waals surface area contributed by atoms with Gasteiger partial charge >= 0.3 is 0 Å². The lowest BCUT2D eigenvalue weighted by Gasteiger charge is -2.34. The number of nitrogens with zero attached hydrogens (tertiary/aromatic N) is 1. The number of piperidine rings is 1. The first-order valence-corrected chi connectivity index (χ1v) is 8.37. The third-order valence-corrected chi connectivity index (χ3v) is 4.46. The molecule has 1 aromatic carbocycles. The van der Waals surface area contributed by atoms with Crippen molar-refractivity contribution in [3.8, 4) is 0 Å². The largest absolute Gasteiger partial charge is 0.393 e. The van der Waals surface area contributed by atoms with Gasteiger partial charge in [-0.3, -0.25) is 0 Å². The fourth-order valence-corrected chi connectivity index (χ4v) is 3.08. The highest BCUT2D eigenvalue weighted by atomic mass is 79.9. The van der Waals surface area contributed by atoms with Crippen molar-refractivity contribution >= 4 is 21.6 Å². The molecule has 1 aliphatic heterocycles. The molecule has 0 radical (unpaired) electrons. The van der Waals surface area contributed by atoms with Gasteiger partial charge in [0.05, 0.1) is 6.10 Å². The smallest absolute Gasteiger partial charge is 0.0574 e. The molecule has 2 N–H and O–H groups in total. The number of aliphatic hydroxyl groups is 1. The Morgan fingerprint density at radius 2 is 2.10 bits per heavy atom. The normalized spacial score (nSPS) is 18.3. The van der Waals surface area contributed by atoms with Crippen LogP contribution in [0, 0.1) is 0 Å². The SMILES string of the molecule is CCCNC(C)c1ccc(Br)cc1N1CCC(O)CC1. The zero-order chi connectivity index (χ0) is 14.5. The molecule has 1 saturated heterocycles. The van der Waals surface area contributed by atoms with Crippen molar-refractivity contribution in [1.82, 2.24) is 5.32 Å². The van der Waals surface area contributed by atoms with E-state index in [1.165, 1.54) is 11.3 Å². The quantitative estimate of drug-likeness (QED) is 0.861. The average molecular weight is 341 g/mol. The van der Waals surface area contributed by atoms with E-state index < -0.39 is 0 Å². The van der Waals surface area contributed by atoms with E-state index in [0.717, 1.165) is 43.4 Å². The van der Waals surface area contributed by atoms with Gasteiger partial charge in [0.25, 0.3) is 0 Å². The minimum absolute atomic E-state index is 0.127. The molecule has 0 aromatic heterocycles. The number of rotatable bonds is 5. The van der Waals surface area contributed by atoms with Crippen LogP contribution in [0.25, 0.3) is 0 Å². The topological polar surface area (TPSA) is 35.5 Å². The van der Waals surface area contributed by atoms with Gasteiger partial charge in [-0.25, -0.2) is 0 Å². The second-order valence-electron chi connectivity index (χ2n) is 5.60. The zero-order valence-electron chi connectivity index (χ0n) is 12.4. The lowest BCUT2D eigenvalue weighted by atomic mass is 10.0. The second-order valence-corrected chi connectivity index (χ2v) is 6.51. The molecule has 1 unspecified atom stereocenters. The van der Waals surface area contributed by atoms with E-state index in [4.69, 9.17) is 0 Å². The number of halogens is 1. The highest BCUT2D eigenvalue weighted by Gasteiger charge is 2.21. The Hall–Kier alpha value is -0.580. The molecule has 4 heteroatoms. The first kappa shape index (κ1) is 15.8. The van der Waals surface area contributed by atoms with Crippen molar-refractivity contribution < 1.29 is 5.11 Å². The third-order valence-electron chi connectivity index (χ3n) is 3.96. The lowest BCUT2D eigenvalue weighted by Crippen LogP contribution is -2.37. The Balaban J connectivity index is 2.19. The first-order chi connectivity index (χ1) is 9.61. The van der Waals surface area contributed by atoms with E-state index in [9.17, 15) is 5.11 Å². The minimum Gasteiger partial charge on any atom is -0.393 e. The average Bonchev–Trinajstić information content (AvgIpc) is 2.45. The summed E-state index contributed by atoms with van der Waals surface area (Å²) in [5.41, 5.74) is 2.64. The van der Waals surface area contributed by atoms with Crippen molar-refractivity contribution in [2.75, 3.05) is 24.5 Å². The van der Waals surface area contributed by atoms with Crippen LogP contribution in [0.5, 0.6) is 0 Å². The summed E-state index contributed by atoms with van der Waals surface area (Å²) >= 11 is 3.58.